The van der Waals surface area contributed by atoms with E-state index in [1.54, 1.807) is 13.8 Å². The van der Waals surface area contributed by atoms with Crippen LogP contribution < -0.4 is 15.4 Å². The summed E-state index contributed by atoms with van der Waals surface area (Å²) in [4.78, 5) is 11.9. The molecule has 0 aliphatic heterocycles. The Labute approximate surface area is 102 Å². The second kappa shape index (κ2) is 5.23. The van der Waals surface area contributed by atoms with Gasteiger partial charge in [-0.2, -0.15) is 28.1 Å². The van der Waals surface area contributed by atoms with Crippen LogP contribution in [0.25, 0.3) is 0 Å². The van der Waals surface area contributed by atoms with E-state index >= 15 is 0 Å². The molecule has 2 N–H and O–H groups in total. The lowest BCUT2D eigenvalue weighted by Crippen LogP contribution is -2.32. The van der Waals surface area contributed by atoms with Gasteiger partial charge < -0.3 is 15.4 Å². The highest BCUT2D eigenvalue weighted by molar-refractivity contribution is 5.35. The molecule has 0 fully saturated rings. The second-order valence-corrected chi connectivity index (χ2v) is 3.91. The lowest BCUT2D eigenvalue weighted by molar-refractivity contribution is -0.119. The molecule has 0 aliphatic carbocycles. The minimum absolute atomic E-state index is 0.0958. The SMILES string of the molecule is CC(C)Oc1nc(N)nc(N(C)CC(F)(F)F)n1. The number of ether oxygens (including phenoxy) is 1. The summed E-state index contributed by atoms with van der Waals surface area (Å²) in [7, 11) is 1.21. The zero-order chi connectivity index (χ0) is 13.9. The smallest absolute Gasteiger partial charge is 0.406 e. The van der Waals surface area contributed by atoms with Crippen molar-refractivity contribution in [3.05, 3.63) is 0 Å². The largest absolute Gasteiger partial charge is 0.461 e. The summed E-state index contributed by atoms with van der Waals surface area (Å²) in [5.41, 5.74) is 5.39. The van der Waals surface area contributed by atoms with Gasteiger partial charge >= 0.3 is 12.2 Å². The summed E-state index contributed by atoms with van der Waals surface area (Å²) in [5, 5.41) is 0. The fourth-order valence-electron chi connectivity index (χ4n) is 1.13. The molecule has 0 bridgehead atoms. The van der Waals surface area contributed by atoms with Gasteiger partial charge in [-0.1, -0.05) is 0 Å². The van der Waals surface area contributed by atoms with Gasteiger partial charge in [0, 0.05) is 7.05 Å². The quantitative estimate of drug-likeness (QED) is 0.882. The molecule has 0 radical (unpaired) electrons. The topological polar surface area (TPSA) is 77.2 Å². The fraction of sp³-hybridized carbons (Fsp3) is 0.667. The van der Waals surface area contributed by atoms with Crippen LogP contribution in [0.3, 0.4) is 0 Å². The van der Waals surface area contributed by atoms with Gasteiger partial charge in [0.2, 0.25) is 11.9 Å². The first-order chi connectivity index (χ1) is 8.17. The van der Waals surface area contributed by atoms with Crippen molar-refractivity contribution in [2.45, 2.75) is 26.1 Å². The number of rotatable bonds is 4. The summed E-state index contributed by atoms with van der Waals surface area (Å²) in [6.45, 7) is 2.29. The number of alkyl halides is 3. The van der Waals surface area contributed by atoms with Gasteiger partial charge in [0.05, 0.1) is 6.10 Å². The molecule has 0 saturated heterocycles. The maximum atomic E-state index is 12.2. The number of nitrogen functional groups attached to an aromatic ring is 1. The van der Waals surface area contributed by atoms with E-state index in [1.807, 2.05) is 0 Å². The molecule has 0 aliphatic rings. The molecule has 1 heterocycles. The number of aromatic nitrogens is 3. The van der Waals surface area contributed by atoms with Crippen LogP contribution in [0, 0.1) is 0 Å². The van der Waals surface area contributed by atoms with Crippen LogP contribution >= 0.6 is 0 Å². The average Bonchev–Trinajstić information content (AvgIpc) is 2.12. The van der Waals surface area contributed by atoms with E-state index in [0.29, 0.717) is 0 Å². The zero-order valence-electron chi connectivity index (χ0n) is 10.2. The molecule has 0 aromatic carbocycles. The zero-order valence-corrected chi connectivity index (χ0v) is 10.2. The van der Waals surface area contributed by atoms with Crippen molar-refractivity contribution in [3.63, 3.8) is 0 Å². The molecule has 1 aromatic heterocycles. The molecule has 1 aromatic rings. The van der Waals surface area contributed by atoms with E-state index in [-0.39, 0.29) is 24.0 Å². The van der Waals surface area contributed by atoms with Gasteiger partial charge in [-0.3, -0.25) is 0 Å². The number of halogens is 3. The van der Waals surface area contributed by atoms with Gasteiger partial charge in [-0.25, -0.2) is 0 Å². The van der Waals surface area contributed by atoms with Gasteiger partial charge in [0.25, 0.3) is 0 Å². The van der Waals surface area contributed by atoms with Crippen LogP contribution in [-0.2, 0) is 0 Å². The number of hydrogen-bond acceptors (Lipinski definition) is 6. The third-order valence-corrected chi connectivity index (χ3v) is 1.72. The highest BCUT2D eigenvalue weighted by Gasteiger charge is 2.30. The maximum Gasteiger partial charge on any atom is 0.406 e. The molecule has 6 nitrogen and oxygen atoms in total. The molecular formula is C9H14F3N5O. The summed E-state index contributed by atoms with van der Waals surface area (Å²) >= 11 is 0. The predicted molar refractivity (Wildman–Crippen MR) is 59.3 cm³/mol. The van der Waals surface area contributed by atoms with Gasteiger partial charge in [0.15, 0.2) is 0 Å². The van der Waals surface area contributed by atoms with Crippen LogP contribution in [0.5, 0.6) is 6.01 Å². The van der Waals surface area contributed by atoms with Crippen molar-refractivity contribution in [1.82, 2.24) is 15.0 Å². The lowest BCUT2D eigenvalue weighted by Gasteiger charge is -2.19. The molecule has 1 rings (SSSR count). The van der Waals surface area contributed by atoms with Gasteiger partial charge in [0.1, 0.15) is 6.54 Å². The molecule has 102 valence electrons. The number of nitrogens with two attached hydrogens (primary N) is 1. The number of nitrogens with zero attached hydrogens (tertiary/aromatic N) is 4. The summed E-state index contributed by atoms with van der Waals surface area (Å²) in [6.07, 6.45) is -4.57. The first-order valence-electron chi connectivity index (χ1n) is 5.13. The molecule has 0 spiro atoms. The Hall–Kier alpha value is -1.80. The van der Waals surface area contributed by atoms with Crippen LogP contribution in [0.1, 0.15) is 13.8 Å². The minimum atomic E-state index is -4.35. The van der Waals surface area contributed by atoms with Crippen LogP contribution in [0.2, 0.25) is 0 Å². The summed E-state index contributed by atoms with van der Waals surface area (Å²) in [6, 6.07) is -0.0958. The standard InChI is InChI=1S/C9H14F3N5O/c1-5(2)18-8-15-6(13)14-7(16-8)17(3)4-9(10,11)12/h5H,4H2,1-3H3,(H2,13,14,15,16). The van der Waals surface area contributed by atoms with Crippen molar-refractivity contribution >= 4 is 11.9 Å². The lowest BCUT2D eigenvalue weighted by atomic mass is 10.5. The second-order valence-electron chi connectivity index (χ2n) is 3.91. The van der Waals surface area contributed by atoms with Gasteiger partial charge in [-0.15, -0.1) is 0 Å². The average molecular weight is 265 g/mol. The fourth-order valence-corrected chi connectivity index (χ4v) is 1.13. The molecule has 0 atom stereocenters. The Morgan fingerprint density at radius 3 is 2.39 bits per heavy atom. The van der Waals surface area contributed by atoms with Crippen molar-refractivity contribution in [3.8, 4) is 6.01 Å². The van der Waals surface area contributed by atoms with E-state index in [2.05, 4.69) is 15.0 Å². The van der Waals surface area contributed by atoms with E-state index in [9.17, 15) is 13.2 Å². The van der Waals surface area contributed by atoms with E-state index in [0.717, 1.165) is 4.90 Å². The highest BCUT2D eigenvalue weighted by atomic mass is 19.4. The Morgan fingerprint density at radius 1 is 1.28 bits per heavy atom. The Morgan fingerprint density at radius 2 is 1.89 bits per heavy atom. The summed E-state index contributed by atoms with van der Waals surface area (Å²) in [5.74, 6) is -0.375. The number of hydrogen-bond donors (Lipinski definition) is 1. The normalized spacial score (nSPS) is 11.7. The molecule has 9 heteroatoms. The molecule has 0 unspecified atom stereocenters. The third kappa shape index (κ3) is 4.60. The Bertz CT molecular complexity index is 410. The first kappa shape index (κ1) is 14.3. The monoisotopic (exact) mass is 265 g/mol. The van der Waals surface area contributed by atoms with Crippen molar-refractivity contribution in [1.29, 1.82) is 0 Å². The van der Waals surface area contributed by atoms with Crippen molar-refractivity contribution < 1.29 is 17.9 Å². The molecule has 0 saturated carbocycles. The molecular weight excluding hydrogens is 251 g/mol. The van der Waals surface area contributed by atoms with E-state index in [4.69, 9.17) is 10.5 Å². The van der Waals surface area contributed by atoms with Crippen LogP contribution in [0.15, 0.2) is 0 Å². The van der Waals surface area contributed by atoms with Crippen LogP contribution in [-0.4, -0.2) is 40.8 Å². The molecule has 0 amide bonds. The van der Waals surface area contributed by atoms with Crippen LogP contribution in [0.4, 0.5) is 25.1 Å². The maximum absolute atomic E-state index is 12.2. The summed E-state index contributed by atoms with van der Waals surface area (Å²) < 4.78 is 41.8. The van der Waals surface area contributed by atoms with E-state index < -0.39 is 12.7 Å². The molecule has 18 heavy (non-hydrogen) atoms. The van der Waals surface area contributed by atoms with Gasteiger partial charge in [-0.05, 0) is 13.8 Å². The Kier molecular flexibility index (Phi) is 4.15. The van der Waals surface area contributed by atoms with Crippen molar-refractivity contribution in [2.75, 3.05) is 24.2 Å². The Balaban J connectivity index is 2.91. The number of anilines is 2. The highest BCUT2D eigenvalue weighted by Crippen LogP contribution is 2.20. The minimum Gasteiger partial charge on any atom is -0.461 e. The van der Waals surface area contributed by atoms with E-state index in [1.165, 1.54) is 7.05 Å². The predicted octanol–water partition coefficient (Wildman–Crippen LogP) is 1.24. The third-order valence-electron chi connectivity index (χ3n) is 1.72. The first-order valence-corrected chi connectivity index (χ1v) is 5.13. The van der Waals surface area contributed by atoms with Crippen molar-refractivity contribution in [2.24, 2.45) is 0 Å².